The van der Waals surface area contributed by atoms with Crippen LogP contribution in [0.15, 0.2) is 47.3 Å². The fourth-order valence-electron chi connectivity index (χ4n) is 6.87. The summed E-state index contributed by atoms with van der Waals surface area (Å²) >= 11 is 0. The second-order valence-electron chi connectivity index (χ2n) is 10.6. The van der Waals surface area contributed by atoms with Gasteiger partial charge in [0.05, 0.1) is 18.1 Å². The Labute approximate surface area is 207 Å². The van der Waals surface area contributed by atoms with E-state index in [-0.39, 0.29) is 30.1 Å². The van der Waals surface area contributed by atoms with Gasteiger partial charge in [0.15, 0.2) is 11.5 Å². The van der Waals surface area contributed by atoms with Crippen molar-refractivity contribution in [1.29, 1.82) is 0 Å². The van der Waals surface area contributed by atoms with Crippen molar-refractivity contribution in [2.75, 3.05) is 26.5 Å². The number of nitrogens with zero attached hydrogens (tertiary/aromatic N) is 2. The lowest BCUT2D eigenvalue weighted by molar-refractivity contribution is 0.108. The molecule has 1 aromatic heterocycles. The van der Waals surface area contributed by atoms with Gasteiger partial charge in [0.2, 0.25) is 6.79 Å². The van der Waals surface area contributed by atoms with Gasteiger partial charge in [0, 0.05) is 61.1 Å². The molecule has 2 bridgehead atoms. The summed E-state index contributed by atoms with van der Waals surface area (Å²) in [6, 6.07) is 13.2. The van der Waals surface area contributed by atoms with E-state index in [1.54, 1.807) is 12.1 Å². The number of ether oxygens (including phenoxy) is 4. The molecule has 0 aliphatic carbocycles. The second-order valence-corrected chi connectivity index (χ2v) is 10.6. The van der Waals surface area contributed by atoms with Gasteiger partial charge in [-0.15, -0.1) is 0 Å². The standard InChI is InChI=1S/C28H26N2O6/c31-22-5-4-17-27(33-13-20-18-7-24-25(35-14-34-24)8-23(18)36-28(17)20)19(22)12-29-9-15-6-16(11-29)21-2-1-3-26(32)30(21)10-15/h1-5,7-8,15-16,20,28,31H,6,9-14H2/t15-,16+,20+,28+/m1/s1. The molecule has 0 amide bonds. The lowest BCUT2D eigenvalue weighted by atomic mass is 9.82. The maximum atomic E-state index is 12.4. The molecule has 2 aromatic carbocycles. The van der Waals surface area contributed by atoms with Crippen LogP contribution in [-0.2, 0) is 13.1 Å². The van der Waals surface area contributed by atoms with Gasteiger partial charge in [-0.3, -0.25) is 9.69 Å². The Bertz CT molecular complexity index is 1470. The third-order valence-corrected chi connectivity index (χ3v) is 8.44. The molecule has 5 aliphatic rings. The molecule has 5 aliphatic heterocycles. The highest BCUT2D eigenvalue weighted by atomic mass is 16.7. The molecule has 1 fully saturated rings. The van der Waals surface area contributed by atoms with Crippen molar-refractivity contribution in [2.24, 2.45) is 5.92 Å². The minimum absolute atomic E-state index is 0.0588. The first-order valence-corrected chi connectivity index (χ1v) is 12.6. The number of hydrogen-bond acceptors (Lipinski definition) is 7. The Morgan fingerprint density at radius 3 is 2.75 bits per heavy atom. The summed E-state index contributed by atoms with van der Waals surface area (Å²) in [7, 11) is 0. The molecule has 8 nitrogen and oxygen atoms in total. The van der Waals surface area contributed by atoms with E-state index in [2.05, 4.69) is 11.0 Å². The van der Waals surface area contributed by atoms with E-state index in [1.165, 1.54) is 0 Å². The highest BCUT2D eigenvalue weighted by molar-refractivity contribution is 5.59. The molecule has 1 N–H and O–H groups in total. The number of phenolic OH excluding ortho intramolecular Hbond substituents is 1. The van der Waals surface area contributed by atoms with Gasteiger partial charge in [-0.2, -0.15) is 0 Å². The Morgan fingerprint density at radius 1 is 0.944 bits per heavy atom. The van der Waals surface area contributed by atoms with Crippen LogP contribution in [0, 0.1) is 5.92 Å². The molecule has 0 unspecified atom stereocenters. The first-order chi connectivity index (χ1) is 17.6. The van der Waals surface area contributed by atoms with Crippen LogP contribution in [-0.4, -0.2) is 41.1 Å². The van der Waals surface area contributed by atoms with Crippen LogP contribution in [0.4, 0.5) is 0 Å². The van der Waals surface area contributed by atoms with Gasteiger partial charge >= 0.3 is 0 Å². The average Bonchev–Trinajstić information content (AvgIpc) is 3.48. The lowest BCUT2D eigenvalue weighted by Crippen LogP contribution is -2.46. The normalized spacial score (nSPS) is 26.8. The first kappa shape index (κ1) is 20.5. The first-order valence-electron chi connectivity index (χ1n) is 12.6. The number of hydrogen-bond donors (Lipinski definition) is 1. The fraction of sp³-hybridized carbons (Fsp3) is 0.393. The minimum Gasteiger partial charge on any atom is -0.507 e. The van der Waals surface area contributed by atoms with Crippen molar-refractivity contribution in [3.05, 3.63) is 75.2 Å². The quantitative estimate of drug-likeness (QED) is 0.594. The summed E-state index contributed by atoms with van der Waals surface area (Å²) < 4.78 is 25.8. The zero-order valence-corrected chi connectivity index (χ0v) is 19.7. The SMILES string of the molecule is O=c1cccc2n1C[C@@H]1C[C@H]2CN(Cc2c(O)ccc3c2OC[C@H]2c4cc5c(cc4O[C@@H]32)OCO5)C1. The summed E-state index contributed by atoms with van der Waals surface area (Å²) in [5, 5.41) is 10.9. The average molecular weight is 487 g/mol. The van der Waals surface area contributed by atoms with Gasteiger partial charge in [0.25, 0.3) is 5.56 Å². The summed E-state index contributed by atoms with van der Waals surface area (Å²) in [6.45, 7) is 3.80. The van der Waals surface area contributed by atoms with E-state index < -0.39 is 0 Å². The van der Waals surface area contributed by atoms with Crippen LogP contribution in [0.25, 0.3) is 0 Å². The van der Waals surface area contributed by atoms with E-state index in [0.29, 0.717) is 30.7 Å². The lowest BCUT2D eigenvalue weighted by Gasteiger charge is -2.43. The van der Waals surface area contributed by atoms with Crippen LogP contribution in [0.2, 0.25) is 0 Å². The van der Waals surface area contributed by atoms with E-state index in [1.807, 2.05) is 28.8 Å². The van der Waals surface area contributed by atoms with Crippen LogP contribution in [0.1, 0.15) is 46.7 Å². The fourth-order valence-corrected chi connectivity index (χ4v) is 6.87. The van der Waals surface area contributed by atoms with E-state index in [4.69, 9.17) is 18.9 Å². The Morgan fingerprint density at radius 2 is 1.83 bits per heavy atom. The van der Waals surface area contributed by atoms with Crippen LogP contribution < -0.4 is 24.5 Å². The van der Waals surface area contributed by atoms with Gasteiger partial charge < -0.3 is 28.6 Å². The predicted octanol–water partition coefficient (Wildman–Crippen LogP) is 3.51. The van der Waals surface area contributed by atoms with Crippen LogP contribution in [0.3, 0.4) is 0 Å². The smallest absolute Gasteiger partial charge is 0.250 e. The predicted molar refractivity (Wildman–Crippen MR) is 129 cm³/mol. The van der Waals surface area contributed by atoms with Crippen LogP contribution >= 0.6 is 0 Å². The number of phenols is 1. The van der Waals surface area contributed by atoms with Gasteiger partial charge in [-0.25, -0.2) is 0 Å². The Balaban J connectivity index is 1.10. The zero-order valence-electron chi connectivity index (χ0n) is 19.7. The number of aromatic hydroxyl groups is 1. The molecule has 1 saturated heterocycles. The van der Waals surface area contributed by atoms with Crippen molar-refractivity contribution in [3.8, 4) is 28.7 Å². The summed E-state index contributed by atoms with van der Waals surface area (Å²) in [4.78, 5) is 14.8. The summed E-state index contributed by atoms with van der Waals surface area (Å²) in [5.74, 6) is 4.03. The summed E-state index contributed by atoms with van der Waals surface area (Å²) in [5.41, 5.74) is 4.06. The van der Waals surface area contributed by atoms with Gasteiger partial charge in [0.1, 0.15) is 23.4 Å². The molecule has 3 aromatic rings. The molecule has 184 valence electrons. The molecule has 8 rings (SSSR count). The molecular formula is C28H26N2O6. The van der Waals surface area contributed by atoms with Gasteiger partial charge in [-0.1, -0.05) is 6.07 Å². The maximum Gasteiger partial charge on any atom is 0.250 e. The molecule has 6 heterocycles. The third kappa shape index (κ3) is 2.94. The molecule has 36 heavy (non-hydrogen) atoms. The molecule has 0 spiro atoms. The largest absolute Gasteiger partial charge is 0.507 e. The van der Waals surface area contributed by atoms with Crippen LogP contribution in [0.5, 0.6) is 28.7 Å². The topological polar surface area (TPSA) is 82.4 Å². The van der Waals surface area contributed by atoms with Crippen molar-refractivity contribution in [1.82, 2.24) is 9.47 Å². The van der Waals surface area contributed by atoms with Crippen molar-refractivity contribution < 1.29 is 24.1 Å². The van der Waals surface area contributed by atoms with E-state index >= 15 is 0 Å². The second kappa shape index (κ2) is 7.43. The zero-order chi connectivity index (χ0) is 24.0. The molecule has 0 radical (unpaired) electrons. The van der Waals surface area contributed by atoms with Crippen molar-refractivity contribution in [2.45, 2.75) is 37.5 Å². The highest BCUT2D eigenvalue weighted by Crippen LogP contribution is 2.55. The number of aromatic nitrogens is 1. The number of pyridine rings is 1. The Kier molecular flexibility index (Phi) is 4.24. The van der Waals surface area contributed by atoms with E-state index in [9.17, 15) is 9.90 Å². The number of piperidine rings is 1. The highest BCUT2D eigenvalue weighted by Gasteiger charge is 2.43. The molecular weight excluding hydrogens is 460 g/mol. The number of rotatable bonds is 2. The monoisotopic (exact) mass is 486 g/mol. The maximum absolute atomic E-state index is 12.4. The van der Waals surface area contributed by atoms with E-state index in [0.717, 1.165) is 65.7 Å². The van der Waals surface area contributed by atoms with Crippen molar-refractivity contribution >= 4 is 0 Å². The Hall–Kier alpha value is -3.65. The minimum atomic E-state index is -0.176. The number of likely N-dealkylation sites (tertiary alicyclic amines) is 1. The summed E-state index contributed by atoms with van der Waals surface area (Å²) in [6.07, 6.45) is 0.924. The number of fused-ring (bicyclic) bond motifs is 10. The van der Waals surface area contributed by atoms with Gasteiger partial charge in [-0.05, 0) is 36.6 Å². The number of benzene rings is 2. The van der Waals surface area contributed by atoms with Crippen molar-refractivity contribution in [3.63, 3.8) is 0 Å². The molecule has 4 atom stereocenters. The molecule has 0 saturated carbocycles. The third-order valence-electron chi connectivity index (χ3n) is 8.44. The molecule has 8 heteroatoms.